The van der Waals surface area contributed by atoms with Gasteiger partial charge < -0.3 is 14.6 Å². The molecule has 0 saturated heterocycles. The molecule has 8 heteroatoms. The van der Waals surface area contributed by atoms with Gasteiger partial charge in [0.25, 0.3) is 5.91 Å². The third-order valence-corrected chi connectivity index (χ3v) is 5.77. The van der Waals surface area contributed by atoms with Gasteiger partial charge in [0.1, 0.15) is 11.5 Å². The Hall–Kier alpha value is -2.51. The number of imidazole rings is 1. The fourth-order valence-corrected chi connectivity index (χ4v) is 4.14. The quantitative estimate of drug-likeness (QED) is 0.613. The molecule has 7 nitrogen and oxygen atoms in total. The molecule has 1 amide bonds. The second-order valence-corrected chi connectivity index (χ2v) is 8.40. The van der Waals surface area contributed by atoms with Crippen molar-refractivity contribution in [3.8, 4) is 0 Å². The zero-order chi connectivity index (χ0) is 21.3. The highest BCUT2D eigenvalue weighted by atomic mass is 35.5. The molecule has 1 N–H and O–H groups in total. The molecule has 0 bridgehead atoms. The van der Waals surface area contributed by atoms with Gasteiger partial charge in [0.15, 0.2) is 5.69 Å². The van der Waals surface area contributed by atoms with E-state index in [1.165, 1.54) is 29.0 Å². The number of amides is 1. The molecule has 3 aromatic rings. The zero-order valence-corrected chi connectivity index (χ0v) is 18.5. The average molecular weight is 427 g/mol. The molecule has 3 heterocycles. The summed E-state index contributed by atoms with van der Waals surface area (Å²) < 4.78 is 1.88. The maximum atomic E-state index is 12.6. The van der Waals surface area contributed by atoms with Crippen LogP contribution in [-0.2, 0) is 25.8 Å². The molecule has 158 valence electrons. The topological polar surface area (TPSA) is 75.4 Å². The molecule has 4 rings (SSSR count). The minimum Gasteiger partial charge on any atom is -0.343 e. The van der Waals surface area contributed by atoms with Gasteiger partial charge >= 0.3 is 0 Å². The first-order valence-electron chi connectivity index (χ1n) is 10.4. The number of carbonyl (C=O) groups is 1. The molecular weight excluding hydrogens is 400 g/mol. The van der Waals surface area contributed by atoms with Crippen LogP contribution in [0.1, 0.15) is 51.8 Å². The Labute approximate surface area is 181 Å². The van der Waals surface area contributed by atoms with Crippen LogP contribution >= 0.6 is 11.6 Å². The minimum atomic E-state index is -0.125. The summed E-state index contributed by atoms with van der Waals surface area (Å²) in [6.45, 7) is 3.30. The van der Waals surface area contributed by atoms with Crippen LogP contribution in [0.5, 0.6) is 0 Å². The maximum absolute atomic E-state index is 12.6. The molecule has 0 saturated carbocycles. The Balaban J connectivity index is 1.49. The van der Waals surface area contributed by atoms with Crippen LogP contribution in [0.2, 0.25) is 5.02 Å². The van der Waals surface area contributed by atoms with Crippen molar-refractivity contribution in [2.24, 2.45) is 0 Å². The van der Waals surface area contributed by atoms with Crippen molar-refractivity contribution in [2.45, 2.75) is 45.6 Å². The van der Waals surface area contributed by atoms with Gasteiger partial charge in [-0.15, -0.1) is 0 Å². The Kier molecular flexibility index (Phi) is 6.01. The molecule has 0 atom stereocenters. The SMILES string of the molecule is Cc1nc(CCNCc2c(C(=O)N(C)C)nc3ccc(Cl)cn23)nc2c1CCCC2. The van der Waals surface area contributed by atoms with Crippen LogP contribution in [0.25, 0.3) is 5.65 Å². The molecular formula is C22H27ClN6O. The number of fused-ring (bicyclic) bond motifs is 2. The van der Waals surface area contributed by atoms with Crippen molar-refractivity contribution in [1.29, 1.82) is 0 Å². The summed E-state index contributed by atoms with van der Waals surface area (Å²) in [7, 11) is 3.46. The van der Waals surface area contributed by atoms with Gasteiger partial charge in [0.2, 0.25) is 0 Å². The standard InChI is InChI=1S/C22H27ClN6O/c1-14-16-6-4-5-7-17(16)26-19(25-14)10-11-24-12-18-21(22(30)28(2)3)27-20-9-8-15(23)13-29(18)20/h8-9,13,24H,4-7,10-12H2,1-3H3. The lowest BCUT2D eigenvalue weighted by molar-refractivity contribution is 0.0821. The molecule has 1 aliphatic rings. The van der Waals surface area contributed by atoms with E-state index >= 15 is 0 Å². The van der Waals surface area contributed by atoms with Crippen LogP contribution in [0.15, 0.2) is 18.3 Å². The van der Waals surface area contributed by atoms with E-state index in [0.717, 1.165) is 36.5 Å². The number of aromatic nitrogens is 4. The number of nitrogens with zero attached hydrogens (tertiary/aromatic N) is 5. The van der Waals surface area contributed by atoms with Crippen LogP contribution in [-0.4, -0.2) is 50.8 Å². The van der Waals surface area contributed by atoms with Gasteiger partial charge in [-0.1, -0.05) is 11.6 Å². The molecule has 0 aromatic carbocycles. The van der Waals surface area contributed by atoms with E-state index in [1.54, 1.807) is 26.4 Å². The van der Waals surface area contributed by atoms with Gasteiger partial charge in [-0.2, -0.15) is 0 Å². The first-order chi connectivity index (χ1) is 14.4. The first-order valence-corrected chi connectivity index (χ1v) is 10.8. The van der Waals surface area contributed by atoms with Crippen LogP contribution in [0.3, 0.4) is 0 Å². The molecule has 0 spiro atoms. The largest absolute Gasteiger partial charge is 0.343 e. The number of hydrogen-bond acceptors (Lipinski definition) is 5. The number of carbonyl (C=O) groups excluding carboxylic acids is 1. The number of halogens is 1. The lowest BCUT2D eigenvalue weighted by atomic mass is 9.95. The lowest BCUT2D eigenvalue weighted by Gasteiger charge is -2.17. The molecule has 30 heavy (non-hydrogen) atoms. The molecule has 0 radical (unpaired) electrons. The van der Waals surface area contributed by atoms with E-state index in [-0.39, 0.29) is 5.91 Å². The Morgan fingerprint density at radius 1 is 1.20 bits per heavy atom. The second kappa shape index (κ2) is 8.70. The predicted octanol–water partition coefficient (Wildman–Crippen LogP) is 3.00. The summed E-state index contributed by atoms with van der Waals surface area (Å²) in [4.78, 5) is 28.2. The van der Waals surface area contributed by atoms with Crippen molar-refractivity contribution in [3.63, 3.8) is 0 Å². The van der Waals surface area contributed by atoms with E-state index in [4.69, 9.17) is 21.6 Å². The van der Waals surface area contributed by atoms with E-state index in [1.807, 2.05) is 10.5 Å². The molecule has 1 aliphatic carbocycles. The molecule has 0 fully saturated rings. The summed E-state index contributed by atoms with van der Waals surface area (Å²) >= 11 is 6.18. The van der Waals surface area contributed by atoms with E-state index in [0.29, 0.717) is 29.5 Å². The Bertz CT molecular complexity index is 1090. The van der Waals surface area contributed by atoms with Crippen molar-refractivity contribution >= 4 is 23.2 Å². The van der Waals surface area contributed by atoms with Crippen LogP contribution in [0.4, 0.5) is 0 Å². The number of pyridine rings is 1. The Morgan fingerprint density at radius 3 is 2.80 bits per heavy atom. The summed E-state index contributed by atoms with van der Waals surface area (Å²) in [6.07, 6.45) is 7.12. The number of aryl methyl sites for hydroxylation is 2. The van der Waals surface area contributed by atoms with E-state index in [9.17, 15) is 4.79 Å². The summed E-state index contributed by atoms with van der Waals surface area (Å²) in [5.74, 6) is 0.756. The van der Waals surface area contributed by atoms with Crippen LogP contribution in [0, 0.1) is 6.92 Å². The third-order valence-electron chi connectivity index (χ3n) is 5.54. The molecule has 3 aromatic heterocycles. The van der Waals surface area contributed by atoms with E-state index in [2.05, 4.69) is 17.2 Å². The third kappa shape index (κ3) is 4.18. The maximum Gasteiger partial charge on any atom is 0.273 e. The highest BCUT2D eigenvalue weighted by Crippen LogP contribution is 2.22. The van der Waals surface area contributed by atoms with Gasteiger partial charge in [-0.05, 0) is 50.3 Å². The van der Waals surface area contributed by atoms with Crippen molar-refractivity contribution < 1.29 is 4.79 Å². The first kappa shape index (κ1) is 20.8. The molecule has 0 aliphatic heterocycles. The monoisotopic (exact) mass is 426 g/mol. The number of nitrogens with one attached hydrogen (secondary N) is 1. The average Bonchev–Trinajstić information content (AvgIpc) is 3.08. The predicted molar refractivity (Wildman–Crippen MR) is 117 cm³/mol. The summed E-state index contributed by atoms with van der Waals surface area (Å²) in [5.41, 5.74) is 5.62. The number of hydrogen-bond donors (Lipinski definition) is 1. The van der Waals surface area contributed by atoms with E-state index < -0.39 is 0 Å². The van der Waals surface area contributed by atoms with Crippen molar-refractivity contribution in [3.05, 3.63) is 57.5 Å². The normalized spacial score (nSPS) is 13.5. The minimum absolute atomic E-state index is 0.125. The van der Waals surface area contributed by atoms with Crippen LogP contribution < -0.4 is 5.32 Å². The lowest BCUT2D eigenvalue weighted by Crippen LogP contribution is -2.26. The Morgan fingerprint density at radius 2 is 2.00 bits per heavy atom. The van der Waals surface area contributed by atoms with Gasteiger partial charge in [-0.25, -0.2) is 15.0 Å². The number of rotatable bonds is 6. The summed E-state index contributed by atoms with van der Waals surface area (Å²) in [5, 5.41) is 4.03. The molecule has 0 unspecified atom stereocenters. The van der Waals surface area contributed by atoms with Gasteiger partial charge in [0.05, 0.1) is 10.7 Å². The highest BCUT2D eigenvalue weighted by Gasteiger charge is 2.20. The fraction of sp³-hybridized carbons (Fsp3) is 0.455. The van der Waals surface area contributed by atoms with Crippen molar-refractivity contribution in [1.82, 2.24) is 29.6 Å². The summed E-state index contributed by atoms with van der Waals surface area (Å²) in [6, 6.07) is 3.60. The van der Waals surface area contributed by atoms with Crippen molar-refractivity contribution in [2.75, 3.05) is 20.6 Å². The highest BCUT2D eigenvalue weighted by molar-refractivity contribution is 6.30. The van der Waals surface area contributed by atoms with Gasteiger partial charge in [-0.3, -0.25) is 4.79 Å². The van der Waals surface area contributed by atoms with Gasteiger partial charge in [0, 0.05) is 51.2 Å². The second-order valence-electron chi connectivity index (χ2n) is 7.97. The fourth-order valence-electron chi connectivity index (χ4n) is 3.98. The zero-order valence-electron chi connectivity index (χ0n) is 17.7. The smallest absolute Gasteiger partial charge is 0.273 e.